The fraction of sp³-hybridized carbons (Fsp3) is 0.588. The number of fused-ring (bicyclic) bond motifs is 1. The van der Waals surface area contributed by atoms with E-state index in [-0.39, 0.29) is 24.9 Å². The number of nitrogens with one attached hydrogen (secondary N) is 2. The van der Waals surface area contributed by atoms with Crippen molar-refractivity contribution in [2.75, 3.05) is 6.54 Å². The SMILES string of the molecule is Cc1cc(C(F)(F)F)n(C[C@H](C)CNC(=O)c2n[nH]c3c2CCCC3)n1. The molecule has 1 atom stereocenters. The van der Waals surface area contributed by atoms with Gasteiger partial charge in [0.05, 0.1) is 5.69 Å². The summed E-state index contributed by atoms with van der Waals surface area (Å²) < 4.78 is 40.1. The number of nitrogens with zero attached hydrogens (tertiary/aromatic N) is 3. The van der Waals surface area contributed by atoms with Crippen molar-refractivity contribution in [2.24, 2.45) is 5.92 Å². The Morgan fingerprint density at radius 1 is 1.38 bits per heavy atom. The molecule has 2 aromatic rings. The minimum absolute atomic E-state index is 0.0711. The molecule has 1 aliphatic rings. The van der Waals surface area contributed by atoms with Crippen LogP contribution in [0.15, 0.2) is 6.07 Å². The summed E-state index contributed by atoms with van der Waals surface area (Å²) in [4.78, 5) is 12.4. The first-order valence-electron chi connectivity index (χ1n) is 8.71. The van der Waals surface area contributed by atoms with Gasteiger partial charge in [-0.2, -0.15) is 23.4 Å². The highest BCUT2D eigenvalue weighted by Gasteiger charge is 2.35. The molecular formula is C17H22F3N5O. The molecule has 0 aromatic carbocycles. The number of alkyl halides is 3. The third-order valence-corrected chi connectivity index (χ3v) is 4.56. The van der Waals surface area contributed by atoms with Gasteiger partial charge in [-0.3, -0.25) is 14.6 Å². The quantitative estimate of drug-likeness (QED) is 0.851. The first-order valence-corrected chi connectivity index (χ1v) is 8.71. The number of rotatable bonds is 5. The van der Waals surface area contributed by atoms with Crippen LogP contribution in [0, 0.1) is 12.8 Å². The number of hydrogen-bond donors (Lipinski definition) is 2. The number of amides is 1. The van der Waals surface area contributed by atoms with Gasteiger partial charge in [0.25, 0.3) is 5.91 Å². The van der Waals surface area contributed by atoms with Gasteiger partial charge in [0.15, 0.2) is 5.69 Å². The Morgan fingerprint density at radius 3 is 2.85 bits per heavy atom. The molecule has 1 amide bonds. The lowest BCUT2D eigenvalue weighted by atomic mass is 9.96. The lowest BCUT2D eigenvalue weighted by Gasteiger charge is -2.16. The van der Waals surface area contributed by atoms with Crippen molar-refractivity contribution in [1.82, 2.24) is 25.3 Å². The molecule has 0 aliphatic heterocycles. The van der Waals surface area contributed by atoms with Crippen molar-refractivity contribution < 1.29 is 18.0 Å². The maximum absolute atomic E-state index is 13.0. The van der Waals surface area contributed by atoms with Crippen molar-refractivity contribution in [1.29, 1.82) is 0 Å². The molecule has 2 aromatic heterocycles. The lowest BCUT2D eigenvalue weighted by Crippen LogP contribution is -2.31. The summed E-state index contributed by atoms with van der Waals surface area (Å²) in [6, 6.07) is 1.03. The third kappa shape index (κ3) is 3.91. The molecule has 26 heavy (non-hydrogen) atoms. The van der Waals surface area contributed by atoms with Crippen LogP contribution in [0.1, 0.15) is 52.9 Å². The van der Waals surface area contributed by atoms with Crippen LogP contribution in [0.25, 0.3) is 0 Å². The van der Waals surface area contributed by atoms with E-state index in [1.807, 2.05) is 0 Å². The van der Waals surface area contributed by atoms with Crippen LogP contribution in [-0.4, -0.2) is 32.4 Å². The van der Waals surface area contributed by atoms with Crippen LogP contribution in [0.3, 0.4) is 0 Å². The zero-order chi connectivity index (χ0) is 18.9. The van der Waals surface area contributed by atoms with Crippen LogP contribution >= 0.6 is 0 Å². The van der Waals surface area contributed by atoms with E-state index in [9.17, 15) is 18.0 Å². The van der Waals surface area contributed by atoms with Crippen molar-refractivity contribution in [3.8, 4) is 0 Å². The van der Waals surface area contributed by atoms with Gasteiger partial charge in [0.1, 0.15) is 5.69 Å². The molecule has 0 bridgehead atoms. The highest BCUT2D eigenvalue weighted by molar-refractivity contribution is 5.94. The van der Waals surface area contributed by atoms with Gasteiger partial charge in [-0.25, -0.2) is 0 Å². The van der Waals surface area contributed by atoms with E-state index < -0.39 is 11.9 Å². The highest BCUT2D eigenvalue weighted by Crippen LogP contribution is 2.30. The highest BCUT2D eigenvalue weighted by atomic mass is 19.4. The molecule has 0 radical (unpaired) electrons. The summed E-state index contributed by atoms with van der Waals surface area (Å²) in [7, 11) is 0. The number of halogens is 3. The largest absolute Gasteiger partial charge is 0.433 e. The number of aromatic nitrogens is 4. The summed E-state index contributed by atoms with van der Waals surface area (Å²) >= 11 is 0. The summed E-state index contributed by atoms with van der Waals surface area (Å²) in [5.74, 6) is -0.502. The molecule has 3 rings (SSSR count). The first-order chi connectivity index (χ1) is 12.3. The van der Waals surface area contributed by atoms with Crippen molar-refractivity contribution >= 4 is 5.91 Å². The Morgan fingerprint density at radius 2 is 2.12 bits per heavy atom. The lowest BCUT2D eigenvalue weighted by molar-refractivity contribution is -0.144. The number of carbonyl (C=O) groups is 1. The van der Waals surface area contributed by atoms with E-state index in [0.717, 1.165) is 47.7 Å². The molecule has 1 aliphatic carbocycles. The number of carbonyl (C=O) groups excluding carboxylic acids is 1. The Labute approximate surface area is 149 Å². The standard InChI is InChI=1S/C17H22F3N5O/c1-10(9-25-14(17(18,19)20)7-11(2)24-25)8-21-16(26)15-12-5-3-4-6-13(12)22-23-15/h7,10H,3-6,8-9H2,1-2H3,(H,21,26)(H,22,23)/t10-/m1/s1. The smallest absolute Gasteiger partial charge is 0.350 e. The van der Waals surface area contributed by atoms with Crippen LogP contribution < -0.4 is 5.32 Å². The van der Waals surface area contributed by atoms with E-state index in [0.29, 0.717) is 11.4 Å². The molecule has 0 spiro atoms. The van der Waals surface area contributed by atoms with Gasteiger partial charge < -0.3 is 5.32 Å². The van der Waals surface area contributed by atoms with Gasteiger partial charge in [-0.15, -0.1) is 0 Å². The average molecular weight is 369 g/mol. The Balaban J connectivity index is 1.60. The molecule has 0 saturated heterocycles. The molecule has 0 unspecified atom stereocenters. The van der Waals surface area contributed by atoms with Crippen LogP contribution in [0.4, 0.5) is 13.2 Å². The normalized spacial score (nSPS) is 15.6. The van der Waals surface area contributed by atoms with E-state index in [2.05, 4.69) is 20.6 Å². The Hall–Kier alpha value is -2.32. The van der Waals surface area contributed by atoms with Crippen molar-refractivity contribution in [3.63, 3.8) is 0 Å². The molecular weight excluding hydrogens is 347 g/mol. The summed E-state index contributed by atoms with van der Waals surface area (Å²) in [5, 5.41) is 13.7. The minimum atomic E-state index is -4.45. The van der Waals surface area contributed by atoms with Gasteiger partial charge in [0.2, 0.25) is 0 Å². The van der Waals surface area contributed by atoms with E-state index in [1.54, 1.807) is 6.92 Å². The van der Waals surface area contributed by atoms with Crippen LogP contribution in [0.2, 0.25) is 0 Å². The summed E-state index contributed by atoms with van der Waals surface area (Å²) in [5.41, 5.74) is 1.92. The molecule has 9 heteroatoms. The van der Waals surface area contributed by atoms with Gasteiger partial charge >= 0.3 is 6.18 Å². The fourth-order valence-corrected chi connectivity index (χ4v) is 3.29. The molecule has 0 saturated carbocycles. The second-order valence-corrected chi connectivity index (χ2v) is 6.90. The van der Waals surface area contributed by atoms with E-state index >= 15 is 0 Å². The molecule has 142 valence electrons. The monoisotopic (exact) mass is 369 g/mol. The Kier molecular flexibility index (Phi) is 5.06. The Bertz CT molecular complexity index is 793. The predicted molar refractivity (Wildman–Crippen MR) is 88.7 cm³/mol. The zero-order valence-corrected chi connectivity index (χ0v) is 14.8. The van der Waals surface area contributed by atoms with Crippen LogP contribution in [-0.2, 0) is 25.6 Å². The fourth-order valence-electron chi connectivity index (χ4n) is 3.29. The predicted octanol–water partition coefficient (Wildman–Crippen LogP) is 2.88. The van der Waals surface area contributed by atoms with Gasteiger partial charge in [-0.05, 0) is 44.6 Å². The van der Waals surface area contributed by atoms with E-state index in [4.69, 9.17) is 0 Å². The topological polar surface area (TPSA) is 75.6 Å². The average Bonchev–Trinajstić information content (AvgIpc) is 3.16. The first kappa shape index (κ1) is 18.5. The van der Waals surface area contributed by atoms with Crippen molar-refractivity contribution in [3.05, 3.63) is 34.4 Å². The van der Waals surface area contributed by atoms with Crippen LogP contribution in [0.5, 0.6) is 0 Å². The summed E-state index contributed by atoms with van der Waals surface area (Å²) in [6.45, 7) is 3.62. The van der Waals surface area contributed by atoms with E-state index in [1.165, 1.54) is 6.92 Å². The maximum Gasteiger partial charge on any atom is 0.433 e. The molecule has 2 heterocycles. The number of aromatic amines is 1. The second-order valence-electron chi connectivity index (χ2n) is 6.90. The molecule has 0 fully saturated rings. The number of aryl methyl sites for hydroxylation is 2. The molecule has 6 nitrogen and oxygen atoms in total. The number of H-pyrrole nitrogens is 1. The van der Waals surface area contributed by atoms with Gasteiger partial charge in [-0.1, -0.05) is 6.92 Å². The summed E-state index contributed by atoms with van der Waals surface area (Å²) in [6.07, 6.45) is -0.616. The third-order valence-electron chi connectivity index (χ3n) is 4.56. The zero-order valence-electron chi connectivity index (χ0n) is 14.8. The number of hydrogen-bond acceptors (Lipinski definition) is 3. The van der Waals surface area contributed by atoms with Gasteiger partial charge in [0, 0.05) is 24.3 Å². The van der Waals surface area contributed by atoms with Crippen molar-refractivity contribution in [2.45, 2.75) is 52.3 Å². The second kappa shape index (κ2) is 7.13. The molecule has 2 N–H and O–H groups in total. The maximum atomic E-state index is 13.0. The minimum Gasteiger partial charge on any atom is -0.350 e.